The number of hydrogen-bond acceptors (Lipinski definition) is 4. The third-order valence-corrected chi connectivity index (χ3v) is 4.35. The molecule has 0 bridgehead atoms. The van der Waals surface area contributed by atoms with Crippen molar-refractivity contribution in [2.45, 2.75) is 19.3 Å². The van der Waals surface area contributed by atoms with Crippen molar-refractivity contribution in [3.8, 4) is 22.6 Å². The van der Waals surface area contributed by atoms with Gasteiger partial charge in [0.05, 0.1) is 0 Å². The molecule has 3 heterocycles. The van der Waals surface area contributed by atoms with Gasteiger partial charge in [0.15, 0.2) is 17.1 Å². The van der Waals surface area contributed by atoms with Gasteiger partial charge in [-0.25, -0.2) is 0 Å². The molecule has 0 unspecified atom stereocenters. The van der Waals surface area contributed by atoms with E-state index in [9.17, 15) is 0 Å². The van der Waals surface area contributed by atoms with Gasteiger partial charge in [0.2, 0.25) is 6.79 Å². The number of ether oxygens (including phenoxy) is 2. The quantitative estimate of drug-likeness (QED) is 0.482. The first-order valence-corrected chi connectivity index (χ1v) is 7.60. The fourth-order valence-electron chi connectivity index (χ4n) is 2.92. The predicted molar refractivity (Wildman–Crippen MR) is 119 cm³/mol. The SMILES string of the molecule is [2HH].[2H][2H].[2H][2H].[2H][2H].[2H][2H].[2H][2H].[2H][2H].[2H][2H].[2H][2H].[2H][2H].[2H][2H].[2H][2H].[2H][2H].[2H][2H].[2H][2H].[2H][2H].[2H][2H].[2H][2H].c1cc2c(cc1-c1ccn3c(CC4CC4)nnc3c1)OCO2. The van der Waals surface area contributed by atoms with Crippen LogP contribution in [0.5, 0.6) is 11.5 Å². The third-order valence-electron chi connectivity index (χ3n) is 4.35. The van der Waals surface area contributed by atoms with Crippen LogP contribution in [-0.2, 0) is 6.42 Å². The molecule has 0 saturated heterocycles. The Morgan fingerprint density at radius 3 is 2.86 bits per heavy atom. The van der Waals surface area contributed by atoms with Gasteiger partial charge in [-0.2, -0.15) is 0 Å². The van der Waals surface area contributed by atoms with Gasteiger partial charge in [0, 0.05) is 64.5 Å². The Labute approximate surface area is 181 Å². The van der Waals surface area contributed by atoms with Gasteiger partial charge in [-0.1, -0.05) is 6.07 Å². The van der Waals surface area contributed by atoms with E-state index >= 15 is 0 Å². The summed E-state index contributed by atoms with van der Waals surface area (Å²) in [4.78, 5) is 0. The van der Waals surface area contributed by atoms with Gasteiger partial charge in [0.25, 0.3) is 0 Å². The highest BCUT2D eigenvalue weighted by molar-refractivity contribution is 5.70. The zero-order valence-electron chi connectivity index (χ0n) is 46.0. The molecule has 2 aliphatic rings. The molecule has 1 aromatic carbocycles. The van der Waals surface area contributed by atoms with E-state index in [2.05, 4.69) is 32.9 Å². The van der Waals surface area contributed by atoms with Crippen molar-refractivity contribution in [1.29, 1.82) is 0 Å². The van der Waals surface area contributed by atoms with Gasteiger partial charge in [-0.05, 0) is 54.2 Å². The first-order valence-electron chi connectivity index (χ1n) is 24.6. The van der Waals surface area contributed by atoms with Crippen molar-refractivity contribution < 1.29 is 61.4 Å². The van der Waals surface area contributed by atoms with Crippen LogP contribution in [-0.4, -0.2) is 21.4 Å². The molecule has 146 valence electrons. The molecule has 0 spiro atoms. The van der Waals surface area contributed by atoms with Gasteiger partial charge < -0.3 is 9.47 Å². The van der Waals surface area contributed by atoms with Crippen molar-refractivity contribution in [3.05, 3.63) is 42.4 Å². The first kappa shape index (κ1) is 4.04. The highest BCUT2D eigenvalue weighted by Crippen LogP contribution is 2.36. The molecular formula is C17H51N3O2. The molecule has 1 fully saturated rings. The van der Waals surface area contributed by atoms with Crippen molar-refractivity contribution >= 4 is 5.65 Å². The molecule has 1 aliphatic heterocycles. The van der Waals surface area contributed by atoms with E-state index in [0.29, 0.717) is 6.79 Å². The van der Waals surface area contributed by atoms with E-state index in [1.54, 1.807) is 0 Å². The summed E-state index contributed by atoms with van der Waals surface area (Å²) in [6, 6.07) is 10.2. The van der Waals surface area contributed by atoms with Gasteiger partial charge in [-0.15, -0.1) is 10.2 Å². The molecule has 5 rings (SSSR count). The number of benzene rings is 1. The first-order chi connectivity index (χ1) is 27.9. The van der Waals surface area contributed by atoms with Crippen LogP contribution < -0.4 is 9.47 Å². The van der Waals surface area contributed by atoms with Gasteiger partial charge >= 0.3 is 0 Å². The van der Waals surface area contributed by atoms with Crippen LogP contribution in [0.4, 0.5) is 0 Å². The standard InChI is InChI=1S/C17H15N3O2.18H2/c1-2-11(1)7-16-18-19-17-9-13(5-6-20(16)17)12-3-4-14-15(8-12)22-10-21-14;;;;;;;;;;;;;;;;;;/h3-6,8-9,11H,1-2,7,10H2;18*1H/i;17*1+1D;1+1. The average molecular weight is 365 g/mol. The molecule has 0 radical (unpaired) electrons. The zero-order chi connectivity index (χ0) is 48.5. The molecule has 5 heteroatoms. The molecule has 0 amide bonds. The summed E-state index contributed by atoms with van der Waals surface area (Å²) in [5.74, 6) is 3.47. The van der Waals surface area contributed by atoms with Crippen molar-refractivity contribution in [2.75, 3.05) is 6.79 Å². The number of nitrogens with zero attached hydrogens (tertiary/aromatic N) is 3. The smallest absolute Gasteiger partial charge is 0.231 e. The van der Waals surface area contributed by atoms with E-state index in [-0.39, 0.29) is 1.43 Å². The van der Waals surface area contributed by atoms with Crippen molar-refractivity contribution in [1.82, 2.24) is 14.6 Å². The minimum absolute atomic E-state index is 0. The normalized spacial score (nSPS) is 22.5. The molecule has 0 N–H and O–H groups in total. The second-order valence-corrected chi connectivity index (χ2v) is 5.98. The number of fused-ring (bicyclic) bond motifs is 2. The Morgan fingerprint density at radius 2 is 1.95 bits per heavy atom. The summed E-state index contributed by atoms with van der Waals surface area (Å²) >= 11 is 0. The van der Waals surface area contributed by atoms with Crippen LogP contribution in [0.15, 0.2) is 36.5 Å². The second kappa shape index (κ2) is 4.47. The van der Waals surface area contributed by atoms with Crippen LogP contribution >= 0.6 is 0 Å². The van der Waals surface area contributed by atoms with Crippen LogP contribution in [0.1, 0.15) is 70.6 Å². The lowest BCUT2D eigenvalue weighted by atomic mass is 10.1. The van der Waals surface area contributed by atoms with E-state index in [1.807, 2.05) is 18.2 Å². The number of hydrogen-bond donors (Lipinski definition) is 0. The number of pyridine rings is 1. The number of rotatable bonds is 3. The topological polar surface area (TPSA) is 48.7 Å². The summed E-state index contributed by atoms with van der Waals surface area (Å²) in [6.07, 6.45) is 5.74. The summed E-state index contributed by atoms with van der Waals surface area (Å²) in [7, 11) is 0. The van der Waals surface area contributed by atoms with Crippen LogP contribution in [0.25, 0.3) is 16.8 Å². The Hall–Kier alpha value is -2.56. The number of aromatic nitrogens is 3. The summed E-state index contributed by atoms with van der Waals surface area (Å²) in [6.45, 7) is 0.298. The fraction of sp³-hybridized carbons (Fsp3) is 0.294. The Morgan fingerprint density at radius 1 is 1.09 bits per heavy atom. The maximum absolute atomic E-state index is 5.45. The van der Waals surface area contributed by atoms with E-state index in [4.69, 9.17) is 60.0 Å². The average Bonchev–Trinajstić information content (AvgIpc) is 3.92. The molecule has 3 aromatic rings. The molecule has 1 saturated carbocycles. The van der Waals surface area contributed by atoms with Crippen LogP contribution in [0.3, 0.4) is 0 Å². The molecule has 1 aliphatic carbocycles. The zero-order valence-corrected chi connectivity index (χ0v) is 12.0. The largest absolute Gasteiger partial charge is 0.454 e. The van der Waals surface area contributed by atoms with E-state index in [0.717, 1.165) is 46.4 Å². The highest BCUT2D eigenvalue weighted by atomic mass is 16.7. The molecule has 0 atom stereocenters. The third kappa shape index (κ3) is 1.93. The highest BCUT2D eigenvalue weighted by Gasteiger charge is 2.24. The summed E-state index contributed by atoms with van der Waals surface area (Å²) < 4.78 is 183. The lowest BCUT2D eigenvalue weighted by molar-refractivity contribution is 0.174. The molecule has 22 heavy (non-hydrogen) atoms. The molecule has 5 nitrogen and oxygen atoms in total. The Bertz CT molecular complexity index is 922. The molecule has 2 aromatic heterocycles. The van der Waals surface area contributed by atoms with E-state index < -0.39 is 0 Å². The Balaban J connectivity index is -0.0000000377. The van der Waals surface area contributed by atoms with Gasteiger partial charge in [0.1, 0.15) is 5.82 Å². The lowest BCUT2D eigenvalue weighted by Gasteiger charge is -2.05. The minimum atomic E-state index is 0. The van der Waals surface area contributed by atoms with E-state index in [1.165, 1.54) is 12.8 Å². The Kier molecular flexibility index (Phi) is 0.820. The maximum Gasteiger partial charge on any atom is 0.231 e. The molecular weight excluding hydrogens is 278 g/mol. The van der Waals surface area contributed by atoms with Crippen LogP contribution in [0.2, 0.25) is 0 Å². The van der Waals surface area contributed by atoms with Crippen molar-refractivity contribution in [3.63, 3.8) is 0 Å². The maximum atomic E-state index is 5.45. The monoisotopic (exact) mass is 365 g/mol. The second-order valence-electron chi connectivity index (χ2n) is 5.98. The fourth-order valence-corrected chi connectivity index (χ4v) is 2.92. The minimum Gasteiger partial charge on any atom is -0.454 e. The summed E-state index contributed by atoms with van der Waals surface area (Å²) in [5, 5.41) is 8.65. The predicted octanol–water partition coefficient (Wildman–Crippen LogP) is 7.51. The van der Waals surface area contributed by atoms with Crippen LogP contribution in [0, 0.1) is 5.92 Å². The lowest BCUT2D eigenvalue weighted by Crippen LogP contribution is -1.96. The summed E-state index contributed by atoms with van der Waals surface area (Å²) in [5.41, 5.74) is 3.10. The van der Waals surface area contributed by atoms with Gasteiger partial charge in [-0.3, -0.25) is 4.40 Å². The van der Waals surface area contributed by atoms with Crippen molar-refractivity contribution in [2.24, 2.45) is 5.92 Å².